The van der Waals surface area contributed by atoms with Gasteiger partial charge in [0.15, 0.2) is 23.0 Å². The number of primary amides is 1. The second-order valence-corrected chi connectivity index (χ2v) is 13.3. The number of rotatable bonds is 9. The van der Waals surface area contributed by atoms with Crippen LogP contribution in [-0.2, 0) is 38.8 Å². The van der Waals surface area contributed by atoms with Crippen molar-refractivity contribution >= 4 is 28.9 Å². The minimum atomic E-state index is -2.60. The van der Waals surface area contributed by atoms with Gasteiger partial charge in [-0.2, -0.15) is 0 Å². The van der Waals surface area contributed by atoms with Gasteiger partial charge >= 0.3 is 0 Å². The molecular weight excluding hydrogens is 598 g/mol. The zero-order chi connectivity index (χ0) is 33.6. The SMILES string of the molecule is CN(C)c1ccc(OCc2ccccc2)c2c1C[C@H]1C[C@H]3[C@H](N(C)C)C(OCc4ccccc4)C(C(N)=O)C(=O)[C@@]3(O)C(=O)C1C2=O. The topological polar surface area (TPSA) is 139 Å². The highest BCUT2D eigenvalue weighted by Crippen LogP contribution is 2.53. The lowest BCUT2D eigenvalue weighted by atomic mass is 9.52. The monoisotopic (exact) mass is 639 g/mol. The molecule has 246 valence electrons. The number of benzene rings is 3. The van der Waals surface area contributed by atoms with Crippen LogP contribution < -0.4 is 15.4 Å². The number of likely N-dealkylation sites (N-methyl/N-ethyl adjacent to an activating group) is 1. The maximum atomic E-state index is 14.5. The van der Waals surface area contributed by atoms with Crippen LogP contribution in [0.3, 0.4) is 0 Å². The number of anilines is 1. The fourth-order valence-electron chi connectivity index (χ4n) is 7.99. The van der Waals surface area contributed by atoms with E-state index >= 15 is 0 Å². The predicted molar refractivity (Wildman–Crippen MR) is 175 cm³/mol. The van der Waals surface area contributed by atoms with E-state index in [1.165, 1.54) is 0 Å². The van der Waals surface area contributed by atoms with E-state index in [1.807, 2.05) is 85.7 Å². The highest BCUT2D eigenvalue weighted by molar-refractivity contribution is 6.25. The zero-order valence-electron chi connectivity index (χ0n) is 27.1. The van der Waals surface area contributed by atoms with Gasteiger partial charge in [-0.3, -0.25) is 19.2 Å². The van der Waals surface area contributed by atoms with Gasteiger partial charge in [-0.15, -0.1) is 0 Å². The fraction of sp³-hybridized carbons (Fsp3) is 0.405. The lowest BCUT2D eigenvalue weighted by molar-refractivity contribution is -0.196. The lowest BCUT2D eigenvalue weighted by Gasteiger charge is -2.55. The van der Waals surface area contributed by atoms with Crippen LogP contribution in [-0.4, -0.2) is 79.2 Å². The lowest BCUT2D eigenvalue weighted by Crippen LogP contribution is -2.75. The van der Waals surface area contributed by atoms with E-state index in [4.69, 9.17) is 15.2 Å². The molecule has 0 heterocycles. The molecule has 0 spiro atoms. The minimum absolute atomic E-state index is 0.0991. The van der Waals surface area contributed by atoms with Crippen molar-refractivity contribution in [3.63, 3.8) is 0 Å². The summed E-state index contributed by atoms with van der Waals surface area (Å²) in [7, 11) is 7.30. The third-order valence-electron chi connectivity index (χ3n) is 10.1. The van der Waals surface area contributed by atoms with Gasteiger partial charge in [0, 0.05) is 31.7 Å². The second kappa shape index (κ2) is 12.7. The van der Waals surface area contributed by atoms with Crippen molar-refractivity contribution in [1.82, 2.24) is 4.90 Å². The van der Waals surface area contributed by atoms with Gasteiger partial charge in [0.25, 0.3) is 0 Å². The number of aliphatic hydroxyl groups is 1. The van der Waals surface area contributed by atoms with Crippen LogP contribution in [0.4, 0.5) is 5.69 Å². The molecule has 0 bridgehead atoms. The van der Waals surface area contributed by atoms with Gasteiger partial charge < -0.3 is 30.1 Å². The first-order chi connectivity index (χ1) is 22.4. The van der Waals surface area contributed by atoms with Crippen molar-refractivity contribution in [3.05, 3.63) is 95.1 Å². The Kier molecular flexibility index (Phi) is 8.78. The molecule has 0 radical (unpaired) electrons. The molecule has 2 fully saturated rings. The van der Waals surface area contributed by atoms with Crippen molar-refractivity contribution in [2.24, 2.45) is 29.4 Å². The summed E-state index contributed by atoms with van der Waals surface area (Å²) >= 11 is 0. The summed E-state index contributed by atoms with van der Waals surface area (Å²) in [4.78, 5) is 59.8. The van der Waals surface area contributed by atoms with E-state index in [9.17, 15) is 24.3 Å². The first-order valence-corrected chi connectivity index (χ1v) is 15.9. The van der Waals surface area contributed by atoms with Crippen molar-refractivity contribution in [2.75, 3.05) is 33.1 Å². The molecule has 3 aromatic rings. The third kappa shape index (κ3) is 5.54. The molecule has 7 atom stereocenters. The summed E-state index contributed by atoms with van der Waals surface area (Å²) in [6, 6.07) is 21.8. The highest BCUT2D eigenvalue weighted by atomic mass is 16.5. The molecule has 0 aliphatic heterocycles. The Balaban J connectivity index is 1.40. The van der Waals surface area contributed by atoms with E-state index in [0.29, 0.717) is 12.2 Å². The van der Waals surface area contributed by atoms with E-state index in [-0.39, 0.29) is 25.2 Å². The molecule has 3 aromatic carbocycles. The molecule has 3 aliphatic rings. The minimum Gasteiger partial charge on any atom is -0.488 e. The quantitative estimate of drug-likeness (QED) is 0.339. The maximum absolute atomic E-state index is 14.5. The van der Waals surface area contributed by atoms with Crippen LogP contribution in [0.2, 0.25) is 0 Å². The molecule has 1 amide bonds. The van der Waals surface area contributed by atoms with Gasteiger partial charge in [-0.05, 0) is 61.7 Å². The molecule has 0 aromatic heterocycles. The van der Waals surface area contributed by atoms with Crippen molar-refractivity contribution < 1.29 is 33.8 Å². The van der Waals surface area contributed by atoms with Gasteiger partial charge in [0.05, 0.1) is 24.2 Å². The standard InChI is InChI=1S/C37H41N3O7/c1-39(2)26-15-16-27(46-19-21-11-7-5-8-12-21)29-24(26)17-23-18-25-31(40(3)4)33(47-20-22-13-9-6-10-14-22)30(36(38)44)35(43)37(25,45)34(42)28(23)32(29)41/h5-16,23,25,28,30-31,33,45H,17-20H2,1-4H3,(H2,38,44)/t23-,25-,28?,30?,31-,33?,37-/m0/s1. The van der Waals surface area contributed by atoms with E-state index in [2.05, 4.69) is 0 Å². The largest absolute Gasteiger partial charge is 0.488 e. The predicted octanol–water partition coefficient (Wildman–Crippen LogP) is 2.82. The number of nitrogens with zero attached hydrogens (tertiary/aromatic N) is 2. The maximum Gasteiger partial charge on any atom is 0.230 e. The smallest absolute Gasteiger partial charge is 0.230 e. The molecule has 3 unspecified atom stereocenters. The number of ketones is 3. The molecule has 10 nitrogen and oxygen atoms in total. The summed E-state index contributed by atoms with van der Waals surface area (Å²) in [6.07, 6.45) is -0.471. The average molecular weight is 640 g/mol. The van der Waals surface area contributed by atoms with Gasteiger partial charge in [-0.1, -0.05) is 60.7 Å². The molecule has 3 N–H and O–H groups in total. The zero-order valence-corrected chi connectivity index (χ0v) is 27.1. The Hall–Kier alpha value is -4.38. The Morgan fingerprint density at radius 3 is 2.09 bits per heavy atom. The molecule has 47 heavy (non-hydrogen) atoms. The number of carbonyl (C=O) groups is 4. The normalized spacial score (nSPS) is 28.3. The number of carbonyl (C=O) groups excluding carboxylic acids is 4. The third-order valence-corrected chi connectivity index (χ3v) is 10.1. The first kappa shape index (κ1) is 32.6. The Morgan fingerprint density at radius 1 is 0.894 bits per heavy atom. The number of fused-ring (bicyclic) bond motifs is 3. The highest BCUT2D eigenvalue weighted by Gasteiger charge is 2.69. The average Bonchev–Trinajstić information content (AvgIpc) is 3.04. The van der Waals surface area contributed by atoms with Crippen molar-refractivity contribution in [3.8, 4) is 5.75 Å². The molecular formula is C37H41N3O7. The summed E-state index contributed by atoms with van der Waals surface area (Å²) < 4.78 is 12.5. The van der Waals surface area contributed by atoms with Crippen LogP contribution in [0.15, 0.2) is 72.8 Å². The van der Waals surface area contributed by atoms with Crippen LogP contribution in [0, 0.1) is 23.7 Å². The molecule has 6 rings (SSSR count). The van der Waals surface area contributed by atoms with Gasteiger partial charge in [-0.25, -0.2) is 0 Å². The molecule has 3 aliphatic carbocycles. The molecule has 0 saturated heterocycles. The van der Waals surface area contributed by atoms with E-state index in [1.54, 1.807) is 25.1 Å². The number of nitrogens with two attached hydrogens (primary N) is 1. The molecule has 2 saturated carbocycles. The Labute approximate surface area is 274 Å². The van der Waals surface area contributed by atoms with E-state index < -0.39 is 64.7 Å². The number of Topliss-reactive ketones (excluding diaryl/α,β-unsaturated/α-hetero) is 3. The second-order valence-electron chi connectivity index (χ2n) is 13.3. The van der Waals surface area contributed by atoms with Crippen molar-refractivity contribution in [1.29, 1.82) is 0 Å². The number of hydrogen-bond acceptors (Lipinski definition) is 9. The molecule has 10 heteroatoms. The number of amides is 1. The van der Waals surface area contributed by atoms with Gasteiger partial charge in [0.1, 0.15) is 18.3 Å². The Bertz CT molecular complexity index is 1690. The van der Waals surface area contributed by atoms with Crippen LogP contribution in [0.5, 0.6) is 5.75 Å². The summed E-state index contributed by atoms with van der Waals surface area (Å²) in [5.74, 6) is -7.35. The van der Waals surface area contributed by atoms with Crippen LogP contribution >= 0.6 is 0 Å². The van der Waals surface area contributed by atoms with E-state index in [0.717, 1.165) is 22.4 Å². The van der Waals surface area contributed by atoms with Crippen molar-refractivity contribution in [2.45, 2.75) is 43.8 Å². The Morgan fingerprint density at radius 2 is 1.51 bits per heavy atom. The fourth-order valence-corrected chi connectivity index (χ4v) is 7.99. The summed E-state index contributed by atoms with van der Waals surface area (Å²) in [5.41, 5.74) is 6.83. The van der Waals surface area contributed by atoms with Crippen LogP contribution in [0.1, 0.15) is 33.5 Å². The number of hydrogen-bond donors (Lipinski definition) is 2. The summed E-state index contributed by atoms with van der Waals surface area (Å²) in [6.45, 7) is 0.311. The first-order valence-electron chi connectivity index (χ1n) is 15.9. The van der Waals surface area contributed by atoms with Gasteiger partial charge in [0.2, 0.25) is 5.91 Å². The number of ether oxygens (including phenoxy) is 2. The summed E-state index contributed by atoms with van der Waals surface area (Å²) in [5, 5.41) is 12.3. The van der Waals surface area contributed by atoms with Crippen LogP contribution in [0.25, 0.3) is 0 Å².